The van der Waals surface area contributed by atoms with Crippen molar-refractivity contribution in [2.24, 2.45) is 4.99 Å². The molecule has 2 aliphatic rings. The van der Waals surface area contributed by atoms with Crippen LogP contribution in [0, 0.1) is 6.92 Å². The number of aromatic nitrogens is 1. The first kappa shape index (κ1) is 29.7. The molecular weight excluding hydrogens is 648 g/mol. The number of allylic oxidation sites excluding steroid dienone is 1. The molecular formula is C33H29BrN2O7S. The maximum atomic E-state index is 14.0. The van der Waals surface area contributed by atoms with Crippen LogP contribution in [-0.4, -0.2) is 31.0 Å². The number of rotatable bonds is 8. The quantitative estimate of drug-likeness (QED) is 0.237. The second-order valence-corrected chi connectivity index (χ2v) is 12.1. The number of carbonyl (C=O) groups is 1. The molecule has 2 aliphatic heterocycles. The lowest BCUT2D eigenvalue weighted by Crippen LogP contribution is -2.39. The lowest BCUT2D eigenvalue weighted by Gasteiger charge is -2.24. The predicted octanol–water partition coefficient (Wildman–Crippen LogP) is 5.19. The summed E-state index contributed by atoms with van der Waals surface area (Å²) in [5, 5.41) is 0. The van der Waals surface area contributed by atoms with E-state index in [1.54, 1.807) is 31.6 Å². The molecule has 6 rings (SSSR count). The Morgan fingerprint density at radius 1 is 1.09 bits per heavy atom. The van der Waals surface area contributed by atoms with Crippen LogP contribution in [0.2, 0.25) is 0 Å². The molecule has 1 atom stereocenters. The summed E-state index contributed by atoms with van der Waals surface area (Å²) in [6.07, 6.45) is 1.79. The number of halogens is 1. The fraction of sp³-hybridized carbons (Fsp3) is 0.242. The van der Waals surface area contributed by atoms with Crippen LogP contribution in [-0.2, 0) is 16.1 Å². The summed E-state index contributed by atoms with van der Waals surface area (Å²) < 4.78 is 30.7. The highest BCUT2D eigenvalue weighted by molar-refractivity contribution is 9.10. The molecule has 0 saturated carbocycles. The zero-order valence-electron chi connectivity index (χ0n) is 24.5. The average molecular weight is 678 g/mol. The second kappa shape index (κ2) is 12.3. The van der Waals surface area contributed by atoms with Crippen LogP contribution < -0.4 is 33.8 Å². The molecule has 3 aromatic carbocycles. The van der Waals surface area contributed by atoms with Crippen molar-refractivity contribution in [1.29, 1.82) is 0 Å². The Labute approximate surface area is 265 Å². The number of thiazole rings is 1. The van der Waals surface area contributed by atoms with E-state index < -0.39 is 12.0 Å². The highest BCUT2D eigenvalue weighted by Gasteiger charge is 2.33. The summed E-state index contributed by atoms with van der Waals surface area (Å²) in [6, 6.07) is 16.4. The van der Waals surface area contributed by atoms with E-state index >= 15 is 0 Å². The van der Waals surface area contributed by atoms with Crippen molar-refractivity contribution in [2.45, 2.75) is 33.4 Å². The van der Waals surface area contributed by atoms with Gasteiger partial charge in [0.2, 0.25) is 6.79 Å². The summed E-state index contributed by atoms with van der Waals surface area (Å²) in [6.45, 7) is 6.23. The summed E-state index contributed by atoms with van der Waals surface area (Å²) in [4.78, 5) is 32.3. The number of esters is 1. The molecule has 0 saturated heterocycles. The third kappa shape index (κ3) is 5.65. The van der Waals surface area contributed by atoms with Crippen LogP contribution in [0.5, 0.6) is 23.0 Å². The van der Waals surface area contributed by atoms with Gasteiger partial charge >= 0.3 is 5.97 Å². The first-order chi connectivity index (χ1) is 21.3. The van der Waals surface area contributed by atoms with Gasteiger partial charge in [-0.05, 0) is 67.8 Å². The molecule has 0 N–H and O–H groups in total. The van der Waals surface area contributed by atoms with Crippen molar-refractivity contribution >= 4 is 39.3 Å². The fourth-order valence-corrected chi connectivity index (χ4v) is 6.60. The minimum absolute atomic E-state index is 0.207. The monoisotopic (exact) mass is 676 g/mol. The number of hydrogen-bond donors (Lipinski definition) is 0. The van der Waals surface area contributed by atoms with Gasteiger partial charge < -0.3 is 23.7 Å². The Kier molecular flexibility index (Phi) is 8.33. The van der Waals surface area contributed by atoms with Crippen molar-refractivity contribution in [3.8, 4) is 23.0 Å². The molecule has 0 radical (unpaired) electrons. The van der Waals surface area contributed by atoms with Crippen molar-refractivity contribution in [3.63, 3.8) is 0 Å². The van der Waals surface area contributed by atoms with Crippen molar-refractivity contribution in [3.05, 3.63) is 112 Å². The van der Waals surface area contributed by atoms with Gasteiger partial charge in [-0.3, -0.25) is 9.36 Å². The van der Waals surface area contributed by atoms with Gasteiger partial charge in [-0.25, -0.2) is 9.79 Å². The number of aryl methyl sites for hydroxylation is 1. The molecule has 9 nitrogen and oxygen atoms in total. The lowest BCUT2D eigenvalue weighted by atomic mass is 9.95. The van der Waals surface area contributed by atoms with Gasteiger partial charge in [0.25, 0.3) is 5.56 Å². The number of carbonyl (C=O) groups excluding carboxylic acids is 1. The fourth-order valence-electron chi connectivity index (χ4n) is 5.12. The van der Waals surface area contributed by atoms with E-state index in [1.165, 1.54) is 11.3 Å². The van der Waals surface area contributed by atoms with E-state index in [1.807, 2.05) is 61.5 Å². The molecule has 0 amide bonds. The van der Waals surface area contributed by atoms with E-state index in [0.717, 1.165) is 22.3 Å². The summed E-state index contributed by atoms with van der Waals surface area (Å²) in [5.74, 6) is 1.94. The van der Waals surface area contributed by atoms with Gasteiger partial charge in [0.05, 0.1) is 35.6 Å². The number of nitrogens with zero attached hydrogens (tertiary/aromatic N) is 2. The van der Waals surface area contributed by atoms with E-state index in [0.29, 0.717) is 54.7 Å². The zero-order chi connectivity index (χ0) is 31.0. The van der Waals surface area contributed by atoms with Crippen LogP contribution in [0.4, 0.5) is 0 Å². The first-order valence-electron chi connectivity index (χ1n) is 13.9. The number of benzene rings is 3. The Balaban J connectivity index is 1.37. The number of fused-ring (bicyclic) bond motifs is 2. The van der Waals surface area contributed by atoms with Crippen LogP contribution in [0.15, 0.2) is 80.1 Å². The van der Waals surface area contributed by atoms with Gasteiger partial charge in [0.15, 0.2) is 27.8 Å². The van der Waals surface area contributed by atoms with Crippen LogP contribution >= 0.6 is 27.3 Å². The normalized spacial score (nSPS) is 15.6. The van der Waals surface area contributed by atoms with Crippen molar-refractivity contribution in [1.82, 2.24) is 4.57 Å². The molecule has 0 aliphatic carbocycles. The number of ether oxygens (including phenoxy) is 5. The Bertz CT molecular complexity index is 1980. The summed E-state index contributed by atoms with van der Waals surface area (Å²) in [7, 11) is 1.57. The minimum Gasteiger partial charge on any atom is -0.493 e. The molecule has 44 heavy (non-hydrogen) atoms. The molecule has 0 spiro atoms. The largest absolute Gasteiger partial charge is 0.493 e. The van der Waals surface area contributed by atoms with Gasteiger partial charge in [0, 0.05) is 4.47 Å². The van der Waals surface area contributed by atoms with Gasteiger partial charge in [-0.2, -0.15) is 0 Å². The van der Waals surface area contributed by atoms with Crippen molar-refractivity contribution < 1.29 is 28.5 Å². The zero-order valence-corrected chi connectivity index (χ0v) is 26.9. The van der Waals surface area contributed by atoms with Gasteiger partial charge in [-0.1, -0.05) is 63.2 Å². The van der Waals surface area contributed by atoms with E-state index in [-0.39, 0.29) is 19.0 Å². The Morgan fingerprint density at radius 2 is 1.86 bits per heavy atom. The smallest absolute Gasteiger partial charge is 0.338 e. The second-order valence-electron chi connectivity index (χ2n) is 10.2. The number of hydrogen-bond acceptors (Lipinski definition) is 9. The molecule has 11 heteroatoms. The van der Waals surface area contributed by atoms with Gasteiger partial charge in [0.1, 0.15) is 6.61 Å². The van der Waals surface area contributed by atoms with E-state index in [2.05, 4.69) is 20.9 Å². The number of methoxy groups -OCH3 is 1. The maximum absolute atomic E-state index is 14.0. The van der Waals surface area contributed by atoms with Crippen LogP contribution in [0.3, 0.4) is 0 Å². The third-order valence-corrected chi connectivity index (χ3v) is 8.98. The van der Waals surface area contributed by atoms with Crippen LogP contribution in [0.1, 0.15) is 42.1 Å². The molecule has 226 valence electrons. The predicted molar refractivity (Wildman–Crippen MR) is 169 cm³/mol. The summed E-state index contributed by atoms with van der Waals surface area (Å²) >= 11 is 4.90. The topological polar surface area (TPSA) is 97.6 Å². The van der Waals surface area contributed by atoms with Crippen LogP contribution in [0.25, 0.3) is 6.08 Å². The first-order valence-corrected chi connectivity index (χ1v) is 15.5. The Hall–Kier alpha value is -4.35. The molecule has 3 heterocycles. The highest BCUT2D eigenvalue weighted by atomic mass is 79.9. The molecule has 4 aromatic rings. The summed E-state index contributed by atoms with van der Waals surface area (Å²) in [5.41, 5.74) is 4.11. The standard InChI is InChI=1S/C33H29BrN2O7S/c1-5-40-32(38)29-19(3)35-33-36(30(29)21-9-6-18(2)7-10-21)31(37)28(44-33)14-22-13-25(39-4)27(15-23(22)34)41-16-20-8-11-24-26(12-20)43-17-42-24/h6-15,30H,5,16-17H2,1-4H3/b28-14+/t30-/m1/s1. The van der Waals surface area contributed by atoms with Gasteiger partial charge in [-0.15, -0.1) is 0 Å². The third-order valence-electron chi connectivity index (χ3n) is 7.31. The molecule has 0 unspecified atom stereocenters. The van der Waals surface area contributed by atoms with E-state index in [9.17, 15) is 9.59 Å². The average Bonchev–Trinajstić information content (AvgIpc) is 3.60. The minimum atomic E-state index is -0.669. The highest BCUT2D eigenvalue weighted by Crippen LogP contribution is 2.36. The van der Waals surface area contributed by atoms with Crippen molar-refractivity contribution in [2.75, 3.05) is 20.5 Å². The Morgan fingerprint density at radius 3 is 2.61 bits per heavy atom. The lowest BCUT2D eigenvalue weighted by molar-refractivity contribution is -0.139. The molecule has 1 aromatic heterocycles. The molecule has 0 fully saturated rings. The van der Waals surface area contributed by atoms with E-state index in [4.69, 9.17) is 23.7 Å². The SMILES string of the molecule is CCOC(=O)C1=C(C)N=c2s/c(=C/c3cc(OC)c(OCc4ccc5c(c4)OCO5)cc3Br)c(=O)n2[C@@H]1c1ccc(C)cc1. The maximum Gasteiger partial charge on any atom is 0.338 e. The molecule has 0 bridgehead atoms.